The van der Waals surface area contributed by atoms with Crippen molar-refractivity contribution >= 4 is 16.5 Å². The van der Waals surface area contributed by atoms with Crippen LogP contribution in [0.1, 0.15) is 56.2 Å². The summed E-state index contributed by atoms with van der Waals surface area (Å²) in [6, 6.07) is 12.4. The zero-order valence-electron chi connectivity index (χ0n) is 18.2. The Hall–Kier alpha value is -2.76. The number of fused-ring (bicyclic) bond motifs is 4. The second-order valence-corrected chi connectivity index (χ2v) is 8.28. The van der Waals surface area contributed by atoms with E-state index in [-0.39, 0.29) is 18.5 Å². The molecule has 3 aromatic rings. The van der Waals surface area contributed by atoms with Crippen molar-refractivity contribution in [2.75, 3.05) is 6.61 Å². The number of ether oxygens (including phenoxy) is 2. The maximum Gasteiger partial charge on any atom is 0.257 e. The Labute approximate surface area is 182 Å². The molecule has 1 unspecified atom stereocenters. The van der Waals surface area contributed by atoms with Crippen LogP contribution in [0.5, 0.6) is 0 Å². The third-order valence-corrected chi connectivity index (χ3v) is 6.40. The first-order chi connectivity index (χ1) is 15.2. The van der Waals surface area contributed by atoms with Crippen LogP contribution in [0, 0.1) is 0 Å². The van der Waals surface area contributed by atoms with Crippen LogP contribution in [0.3, 0.4) is 0 Å². The van der Waals surface area contributed by atoms with E-state index in [0.717, 1.165) is 71.3 Å². The molecule has 2 aromatic heterocycles. The monoisotopic (exact) mass is 416 g/mol. The van der Waals surface area contributed by atoms with Crippen molar-refractivity contribution in [2.45, 2.75) is 59.0 Å². The van der Waals surface area contributed by atoms with Gasteiger partial charge < -0.3 is 14.0 Å². The van der Waals surface area contributed by atoms with Crippen LogP contribution in [0.25, 0.3) is 27.9 Å². The zero-order valence-corrected chi connectivity index (χ0v) is 18.2. The van der Waals surface area contributed by atoms with Crippen LogP contribution >= 0.6 is 0 Å². The Bertz CT molecular complexity index is 1220. The lowest BCUT2D eigenvalue weighted by molar-refractivity contribution is -0.169. The van der Waals surface area contributed by atoms with Crippen LogP contribution in [0.2, 0.25) is 0 Å². The number of benzene rings is 1. The van der Waals surface area contributed by atoms with Crippen molar-refractivity contribution in [2.24, 2.45) is 0 Å². The van der Waals surface area contributed by atoms with Crippen molar-refractivity contribution in [1.29, 1.82) is 0 Å². The maximum atomic E-state index is 13.6. The predicted octanol–water partition coefficient (Wildman–Crippen LogP) is 5.28. The lowest BCUT2D eigenvalue weighted by Crippen LogP contribution is -2.28. The molecule has 2 aliphatic heterocycles. The highest BCUT2D eigenvalue weighted by atomic mass is 16.7. The van der Waals surface area contributed by atoms with E-state index in [1.807, 2.05) is 29.7 Å². The average molecular weight is 417 g/mol. The molecule has 160 valence electrons. The molecule has 0 aliphatic carbocycles. The van der Waals surface area contributed by atoms with E-state index >= 15 is 0 Å². The molecule has 2 aliphatic rings. The third kappa shape index (κ3) is 3.62. The van der Waals surface area contributed by atoms with E-state index in [1.54, 1.807) is 0 Å². The van der Waals surface area contributed by atoms with E-state index in [2.05, 4.69) is 31.2 Å². The summed E-state index contributed by atoms with van der Waals surface area (Å²) >= 11 is 0. The first kappa shape index (κ1) is 20.2. The molecule has 1 atom stereocenters. The van der Waals surface area contributed by atoms with Gasteiger partial charge >= 0.3 is 0 Å². The Morgan fingerprint density at radius 3 is 2.94 bits per heavy atom. The molecule has 0 N–H and O–H groups in total. The number of para-hydroxylation sites is 1. The highest BCUT2D eigenvalue weighted by molar-refractivity contribution is 5.84. The smallest absolute Gasteiger partial charge is 0.257 e. The van der Waals surface area contributed by atoms with Gasteiger partial charge in [-0.1, -0.05) is 31.2 Å². The van der Waals surface area contributed by atoms with Gasteiger partial charge in [-0.3, -0.25) is 4.79 Å². The second-order valence-electron chi connectivity index (χ2n) is 8.28. The predicted molar refractivity (Wildman–Crippen MR) is 123 cm³/mol. The molecule has 5 rings (SSSR count). The Morgan fingerprint density at radius 2 is 2.16 bits per heavy atom. The average Bonchev–Trinajstić information content (AvgIpc) is 3.16. The van der Waals surface area contributed by atoms with Gasteiger partial charge in [0.15, 0.2) is 6.29 Å². The molecule has 0 saturated carbocycles. The fourth-order valence-corrected chi connectivity index (χ4v) is 4.71. The molecule has 1 saturated heterocycles. The first-order valence-corrected chi connectivity index (χ1v) is 11.2. The molecule has 31 heavy (non-hydrogen) atoms. The zero-order chi connectivity index (χ0) is 21.4. The molecule has 4 heterocycles. The highest BCUT2D eigenvalue weighted by Crippen LogP contribution is 2.34. The SMILES string of the molecule is C/C=C(/CC)c1cc2n(c(=O)c1COC1CCCCO1)Cc1cc3ccccc3nc1-2. The van der Waals surface area contributed by atoms with Crippen molar-refractivity contribution in [3.05, 3.63) is 69.5 Å². The summed E-state index contributed by atoms with van der Waals surface area (Å²) in [5.74, 6) is 0. The van der Waals surface area contributed by atoms with E-state index in [4.69, 9.17) is 14.5 Å². The minimum absolute atomic E-state index is 0.0122. The normalized spacial score (nSPS) is 18.3. The molecule has 5 nitrogen and oxygen atoms in total. The highest BCUT2D eigenvalue weighted by Gasteiger charge is 2.26. The molecule has 5 heteroatoms. The van der Waals surface area contributed by atoms with Crippen molar-refractivity contribution in [1.82, 2.24) is 9.55 Å². The minimum Gasteiger partial charge on any atom is -0.353 e. The number of pyridine rings is 2. The first-order valence-electron chi connectivity index (χ1n) is 11.2. The number of allylic oxidation sites excluding steroid dienone is 2. The third-order valence-electron chi connectivity index (χ3n) is 6.40. The second kappa shape index (κ2) is 8.40. The summed E-state index contributed by atoms with van der Waals surface area (Å²) in [7, 11) is 0. The summed E-state index contributed by atoms with van der Waals surface area (Å²) in [6.07, 6.45) is 5.78. The Morgan fingerprint density at radius 1 is 1.29 bits per heavy atom. The van der Waals surface area contributed by atoms with Crippen LogP contribution in [0.4, 0.5) is 0 Å². The standard InChI is InChI=1S/C26H28N2O3/c1-3-17(4-2)20-14-23-25-19(13-18-9-5-6-10-22(18)27-25)15-28(23)26(29)21(20)16-31-24-11-7-8-12-30-24/h3,5-6,9-10,13-14,24H,4,7-8,11-12,15-16H2,1-2H3/b17-3-. The van der Waals surface area contributed by atoms with Crippen molar-refractivity contribution < 1.29 is 9.47 Å². The molecule has 0 amide bonds. The van der Waals surface area contributed by atoms with E-state index < -0.39 is 0 Å². The van der Waals surface area contributed by atoms with Crippen LogP contribution in [0.15, 0.2) is 47.3 Å². The van der Waals surface area contributed by atoms with Crippen LogP contribution in [-0.2, 0) is 22.6 Å². The number of hydrogen-bond donors (Lipinski definition) is 0. The van der Waals surface area contributed by atoms with Gasteiger partial charge in [-0.2, -0.15) is 0 Å². The van der Waals surface area contributed by atoms with Gasteiger partial charge in [-0.05, 0) is 61.9 Å². The number of nitrogens with zero attached hydrogens (tertiary/aromatic N) is 2. The largest absolute Gasteiger partial charge is 0.353 e. The molecule has 0 spiro atoms. The van der Waals surface area contributed by atoms with Gasteiger partial charge in [0.05, 0.1) is 35.6 Å². The summed E-state index contributed by atoms with van der Waals surface area (Å²) < 4.78 is 13.6. The van der Waals surface area contributed by atoms with Gasteiger partial charge in [0.1, 0.15) is 0 Å². The summed E-state index contributed by atoms with van der Waals surface area (Å²) in [5, 5.41) is 1.10. The van der Waals surface area contributed by atoms with E-state index in [9.17, 15) is 4.79 Å². The molecular weight excluding hydrogens is 388 g/mol. The van der Waals surface area contributed by atoms with Gasteiger partial charge in [0, 0.05) is 17.6 Å². The summed E-state index contributed by atoms with van der Waals surface area (Å²) in [6.45, 7) is 5.69. The quantitative estimate of drug-likeness (QED) is 0.444. The lowest BCUT2D eigenvalue weighted by atomic mass is 9.97. The Balaban J connectivity index is 1.60. The van der Waals surface area contributed by atoms with Gasteiger partial charge in [0.2, 0.25) is 0 Å². The molecular formula is C26H28N2O3. The molecule has 1 aromatic carbocycles. The van der Waals surface area contributed by atoms with Crippen LogP contribution in [-0.4, -0.2) is 22.4 Å². The number of rotatable bonds is 5. The van der Waals surface area contributed by atoms with Crippen LogP contribution < -0.4 is 5.56 Å². The molecule has 0 bridgehead atoms. The molecule has 0 radical (unpaired) electrons. The van der Waals surface area contributed by atoms with Gasteiger partial charge in [-0.15, -0.1) is 0 Å². The summed E-state index contributed by atoms with van der Waals surface area (Å²) in [4.78, 5) is 18.5. The van der Waals surface area contributed by atoms with Crippen molar-refractivity contribution in [3.8, 4) is 11.4 Å². The maximum absolute atomic E-state index is 13.6. The topological polar surface area (TPSA) is 53.4 Å². The lowest BCUT2D eigenvalue weighted by Gasteiger charge is -2.23. The number of hydrogen-bond acceptors (Lipinski definition) is 4. The van der Waals surface area contributed by atoms with Crippen molar-refractivity contribution in [3.63, 3.8) is 0 Å². The fourth-order valence-electron chi connectivity index (χ4n) is 4.71. The summed E-state index contributed by atoms with van der Waals surface area (Å²) in [5.41, 5.74) is 6.69. The molecule has 1 fully saturated rings. The van der Waals surface area contributed by atoms with E-state index in [0.29, 0.717) is 12.1 Å². The van der Waals surface area contributed by atoms with Gasteiger partial charge in [0.25, 0.3) is 5.56 Å². The van der Waals surface area contributed by atoms with Gasteiger partial charge in [-0.25, -0.2) is 4.98 Å². The fraction of sp³-hybridized carbons (Fsp3) is 0.385. The number of aromatic nitrogens is 2. The Kier molecular flexibility index (Phi) is 5.47. The minimum atomic E-state index is -0.223. The van der Waals surface area contributed by atoms with E-state index in [1.165, 1.54) is 0 Å².